The maximum Gasteiger partial charge on any atom is 0.530 e. The van der Waals surface area contributed by atoms with E-state index in [2.05, 4.69) is 0 Å². The van der Waals surface area contributed by atoms with Crippen LogP contribution in [0.1, 0.15) is 47.1 Å². The fraction of sp³-hybridized carbons (Fsp3) is 0.425. The van der Waals surface area contributed by atoms with Gasteiger partial charge in [0.1, 0.15) is 11.1 Å². The van der Waals surface area contributed by atoms with E-state index in [-0.39, 0.29) is 85.2 Å². The van der Waals surface area contributed by atoms with Crippen molar-refractivity contribution in [3.8, 4) is 56.9 Å². The lowest BCUT2D eigenvalue weighted by Gasteiger charge is -2.25. The molecule has 332 valence electrons. The Morgan fingerprint density at radius 2 is 1.07 bits per heavy atom. The maximum absolute atomic E-state index is 14.3. The van der Waals surface area contributed by atoms with Gasteiger partial charge in [-0.25, -0.2) is 18.5 Å². The minimum Gasteiger partial charge on any atom is -0.493 e. The molecule has 18 nitrogen and oxygen atoms in total. The number of fused-ring (bicyclic) bond motifs is 7. The molecule has 1 aliphatic heterocycles. The minimum atomic E-state index is -4.11. The Labute approximate surface area is 353 Å². The van der Waals surface area contributed by atoms with Gasteiger partial charge in [0.25, 0.3) is 0 Å². The summed E-state index contributed by atoms with van der Waals surface area (Å²) in [7, 11) is -7.90. The summed E-state index contributed by atoms with van der Waals surface area (Å²) in [6.07, 6.45) is 0.400. The molecule has 61 heavy (non-hydrogen) atoms. The number of benzene rings is 3. The third-order valence-corrected chi connectivity index (χ3v) is 14.0. The van der Waals surface area contributed by atoms with Gasteiger partial charge in [0.15, 0.2) is 34.5 Å². The van der Waals surface area contributed by atoms with Crippen molar-refractivity contribution >= 4 is 45.3 Å². The molecule has 1 aliphatic rings. The molecule has 0 saturated carbocycles. The summed E-state index contributed by atoms with van der Waals surface area (Å²) in [6, 6.07) is 11.4. The standard InChI is InChI=1S/C40H50NO17P3/c1-10-49-59(43,50-11-2)56-29-17-16-26(21-31(29)46-7)36-37-28-23-33(48-9)35(58-61(45,53-14-5)54-15-6)24-30(28)55-40(42)39(37)41-19-18-25-20-34(32(47-8)22-27(25)38(36)41)57-60(44,51-12-3)52-13-4/h16-17,20-24H,10-15,18-19H2,1-9H3. The van der Waals surface area contributed by atoms with E-state index in [0.717, 1.165) is 5.56 Å². The fourth-order valence-electron chi connectivity index (χ4n) is 7.05. The lowest BCUT2D eigenvalue weighted by atomic mass is 9.91. The van der Waals surface area contributed by atoms with Crippen LogP contribution in [-0.4, -0.2) is 65.5 Å². The van der Waals surface area contributed by atoms with Gasteiger partial charge < -0.3 is 36.8 Å². The molecule has 0 atom stereocenters. The molecular formula is C40H50NO17P3. The largest absolute Gasteiger partial charge is 0.530 e. The van der Waals surface area contributed by atoms with E-state index in [0.29, 0.717) is 46.1 Å². The van der Waals surface area contributed by atoms with Crippen molar-refractivity contribution < 1.29 is 73.0 Å². The van der Waals surface area contributed by atoms with Crippen molar-refractivity contribution in [1.29, 1.82) is 0 Å². The van der Waals surface area contributed by atoms with Crippen molar-refractivity contribution in [3.63, 3.8) is 0 Å². The number of methoxy groups -OCH3 is 3. The monoisotopic (exact) mass is 909 g/mol. The quantitative estimate of drug-likeness (QED) is 0.0469. The predicted octanol–water partition coefficient (Wildman–Crippen LogP) is 10.3. The second-order valence-corrected chi connectivity index (χ2v) is 17.7. The lowest BCUT2D eigenvalue weighted by molar-refractivity contribution is 0.164. The Bertz CT molecular complexity index is 2570. The second kappa shape index (κ2) is 19.4. The summed E-state index contributed by atoms with van der Waals surface area (Å²) < 4.78 is 116. The highest BCUT2D eigenvalue weighted by atomic mass is 31.2. The first-order valence-electron chi connectivity index (χ1n) is 19.6. The minimum absolute atomic E-state index is 0.0306. The third-order valence-electron chi connectivity index (χ3n) is 9.25. The van der Waals surface area contributed by atoms with Crippen molar-refractivity contribution in [2.24, 2.45) is 0 Å². The Balaban J connectivity index is 1.67. The van der Waals surface area contributed by atoms with E-state index < -0.39 is 29.1 Å². The number of aromatic nitrogens is 1. The van der Waals surface area contributed by atoms with E-state index in [4.69, 9.17) is 59.3 Å². The zero-order valence-corrected chi connectivity index (χ0v) is 38.1. The van der Waals surface area contributed by atoms with Crippen LogP contribution in [0.3, 0.4) is 0 Å². The third kappa shape index (κ3) is 9.39. The number of phosphoric ester groups is 3. The fourth-order valence-corrected chi connectivity index (χ4v) is 10.6. The molecule has 0 amide bonds. The Hall–Kier alpha value is -4.34. The molecular weight excluding hydrogens is 859 g/mol. The second-order valence-electron chi connectivity index (χ2n) is 12.9. The van der Waals surface area contributed by atoms with Crippen LogP contribution in [-0.2, 0) is 53.8 Å². The first kappa shape index (κ1) is 46.2. The lowest BCUT2D eigenvalue weighted by Crippen LogP contribution is -2.15. The van der Waals surface area contributed by atoms with Crippen molar-refractivity contribution in [2.45, 2.75) is 54.5 Å². The number of hydrogen-bond donors (Lipinski definition) is 0. The van der Waals surface area contributed by atoms with Crippen molar-refractivity contribution in [2.75, 3.05) is 61.0 Å². The zero-order chi connectivity index (χ0) is 44.1. The van der Waals surface area contributed by atoms with Gasteiger partial charge in [0.2, 0.25) is 0 Å². The molecule has 3 heterocycles. The topological polar surface area (TPSA) is 197 Å². The summed E-state index contributed by atoms with van der Waals surface area (Å²) >= 11 is 0. The molecule has 0 N–H and O–H groups in total. The summed E-state index contributed by atoms with van der Waals surface area (Å²) in [5.41, 5.74) is 2.69. The van der Waals surface area contributed by atoms with E-state index in [1.54, 1.807) is 77.9 Å². The number of ether oxygens (including phenoxy) is 3. The Kier molecular flexibility index (Phi) is 14.7. The van der Waals surface area contributed by atoms with Crippen LogP contribution in [0.5, 0.6) is 34.5 Å². The van der Waals surface area contributed by atoms with E-state index in [1.807, 2.05) is 4.57 Å². The summed E-state index contributed by atoms with van der Waals surface area (Å²) in [4.78, 5) is 14.3. The highest BCUT2D eigenvalue weighted by Gasteiger charge is 2.36. The van der Waals surface area contributed by atoms with Crippen LogP contribution >= 0.6 is 23.5 Å². The van der Waals surface area contributed by atoms with Gasteiger partial charge in [-0.15, -0.1) is 0 Å². The molecule has 0 unspecified atom stereocenters. The average molecular weight is 910 g/mol. The SMILES string of the molecule is CCOP(=O)(OCC)Oc1ccc(-c2c3n(c4c(=O)oc5cc(OP(=O)(OCC)OCC)c(OC)cc5c24)CCc2cc(OP(=O)(OCC)OCC)c(OC)cc2-3)cc1OC. The average Bonchev–Trinajstić information content (AvgIpc) is 3.57. The van der Waals surface area contributed by atoms with Crippen LogP contribution in [0.25, 0.3) is 44.3 Å². The molecule has 0 spiro atoms. The van der Waals surface area contributed by atoms with Gasteiger partial charge in [-0.3, -0.25) is 27.1 Å². The molecule has 2 aromatic heterocycles. The Morgan fingerprint density at radius 1 is 0.590 bits per heavy atom. The highest BCUT2D eigenvalue weighted by molar-refractivity contribution is 7.49. The zero-order valence-electron chi connectivity index (χ0n) is 35.4. The molecule has 0 saturated heterocycles. The number of rotatable bonds is 22. The van der Waals surface area contributed by atoms with Gasteiger partial charge in [-0.05, 0) is 89.4 Å². The highest BCUT2D eigenvalue weighted by Crippen LogP contribution is 2.57. The van der Waals surface area contributed by atoms with Crippen LogP contribution < -0.4 is 33.4 Å². The smallest absolute Gasteiger partial charge is 0.493 e. The van der Waals surface area contributed by atoms with Crippen molar-refractivity contribution in [3.05, 3.63) is 58.4 Å². The van der Waals surface area contributed by atoms with Gasteiger partial charge in [0, 0.05) is 34.5 Å². The molecule has 0 radical (unpaired) electrons. The van der Waals surface area contributed by atoms with Crippen LogP contribution in [0.4, 0.5) is 0 Å². The number of hydrogen-bond acceptors (Lipinski definition) is 17. The van der Waals surface area contributed by atoms with Crippen LogP contribution in [0, 0.1) is 0 Å². The molecule has 21 heteroatoms. The Morgan fingerprint density at radius 3 is 1.57 bits per heavy atom. The molecule has 6 rings (SSSR count). The van der Waals surface area contributed by atoms with E-state index >= 15 is 0 Å². The normalized spacial score (nSPS) is 12.9. The first-order valence-corrected chi connectivity index (χ1v) is 24.0. The predicted molar refractivity (Wildman–Crippen MR) is 227 cm³/mol. The van der Waals surface area contributed by atoms with Crippen LogP contribution in [0.2, 0.25) is 0 Å². The summed E-state index contributed by atoms with van der Waals surface area (Å²) in [5.74, 6) is 0.675. The van der Waals surface area contributed by atoms with Crippen molar-refractivity contribution in [1.82, 2.24) is 4.57 Å². The molecule has 0 aliphatic carbocycles. The van der Waals surface area contributed by atoms with Gasteiger partial charge in [-0.1, -0.05) is 6.07 Å². The van der Waals surface area contributed by atoms with Gasteiger partial charge in [-0.2, -0.15) is 0 Å². The molecule has 0 bridgehead atoms. The number of aryl methyl sites for hydroxylation is 2. The maximum atomic E-state index is 14.3. The van der Waals surface area contributed by atoms with E-state index in [1.165, 1.54) is 27.4 Å². The molecule has 0 fully saturated rings. The summed E-state index contributed by atoms with van der Waals surface area (Å²) in [5, 5.41) is 0.885. The summed E-state index contributed by atoms with van der Waals surface area (Å²) in [6.45, 7) is 10.6. The van der Waals surface area contributed by atoms with Gasteiger partial charge >= 0.3 is 29.1 Å². The van der Waals surface area contributed by atoms with Gasteiger partial charge in [0.05, 0.1) is 66.7 Å². The van der Waals surface area contributed by atoms with E-state index in [9.17, 15) is 18.5 Å². The molecule has 5 aromatic rings. The van der Waals surface area contributed by atoms with Crippen LogP contribution in [0.15, 0.2) is 51.7 Å². The molecule has 3 aromatic carbocycles. The number of nitrogens with zero attached hydrogens (tertiary/aromatic N) is 1. The first-order chi connectivity index (χ1) is 29.3. The number of phosphoric acid groups is 3.